The van der Waals surface area contributed by atoms with Gasteiger partial charge in [-0.1, -0.05) is 24.3 Å². The van der Waals surface area contributed by atoms with Crippen molar-refractivity contribution >= 4 is 0 Å². The summed E-state index contributed by atoms with van der Waals surface area (Å²) in [5.74, 6) is -1.25. The Morgan fingerprint density at radius 3 is 2.65 bits per heavy atom. The third kappa shape index (κ3) is 2.16. The molecule has 0 aliphatic rings. The molecule has 2 rings (SSSR count). The van der Waals surface area contributed by atoms with Crippen LogP contribution >= 0.6 is 0 Å². The van der Waals surface area contributed by atoms with E-state index in [2.05, 4.69) is 11.6 Å². The maximum Gasteiger partial charge on any atom is 0.331 e. The van der Waals surface area contributed by atoms with Crippen LogP contribution in [0.1, 0.15) is 13.0 Å². The van der Waals surface area contributed by atoms with Crippen molar-refractivity contribution in [3.8, 4) is 17.0 Å². The predicted molar refractivity (Wildman–Crippen MR) is 73.3 cm³/mol. The maximum atomic E-state index is 13.8. The van der Waals surface area contributed by atoms with Crippen LogP contribution in [0, 0.1) is 5.82 Å². The van der Waals surface area contributed by atoms with Crippen LogP contribution in [0.5, 0.6) is 5.88 Å². The highest BCUT2D eigenvalue weighted by atomic mass is 19.1. The van der Waals surface area contributed by atoms with E-state index >= 15 is 0 Å². The zero-order chi connectivity index (χ0) is 14.9. The lowest BCUT2D eigenvalue weighted by Crippen LogP contribution is -2.32. The summed E-state index contributed by atoms with van der Waals surface area (Å²) in [6.07, 6.45) is 1.42. The molecular formula is C14H13FN2O3. The zero-order valence-electron chi connectivity index (χ0n) is 10.8. The van der Waals surface area contributed by atoms with Crippen molar-refractivity contribution in [3.05, 3.63) is 63.6 Å². The summed E-state index contributed by atoms with van der Waals surface area (Å²) >= 11 is 0. The van der Waals surface area contributed by atoms with Gasteiger partial charge in [0.15, 0.2) is 0 Å². The molecule has 1 atom stereocenters. The molecule has 104 valence electrons. The first-order valence-electron chi connectivity index (χ1n) is 5.92. The molecule has 2 aromatic rings. The summed E-state index contributed by atoms with van der Waals surface area (Å²) in [6.45, 7) is 5.13. The summed E-state index contributed by atoms with van der Waals surface area (Å²) in [4.78, 5) is 25.7. The van der Waals surface area contributed by atoms with E-state index in [0.29, 0.717) is 0 Å². The number of halogens is 1. The number of H-pyrrole nitrogens is 1. The topological polar surface area (TPSA) is 75.1 Å². The van der Waals surface area contributed by atoms with Gasteiger partial charge in [-0.25, -0.2) is 9.18 Å². The molecule has 0 saturated carbocycles. The molecule has 0 bridgehead atoms. The van der Waals surface area contributed by atoms with Crippen LogP contribution in [0.25, 0.3) is 11.1 Å². The molecule has 0 aliphatic heterocycles. The van der Waals surface area contributed by atoms with Gasteiger partial charge in [-0.3, -0.25) is 14.3 Å². The third-order valence-electron chi connectivity index (χ3n) is 3.01. The van der Waals surface area contributed by atoms with Gasteiger partial charge in [-0.2, -0.15) is 0 Å². The van der Waals surface area contributed by atoms with Crippen LogP contribution < -0.4 is 11.2 Å². The summed E-state index contributed by atoms with van der Waals surface area (Å²) in [5.41, 5.74) is -1.97. The highest BCUT2D eigenvalue weighted by Gasteiger charge is 2.20. The lowest BCUT2D eigenvalue weighted by molar-refractivity contribution is 0.394. The molecule has 6 heteroatoms. The number of rotatable bonds is 3. The monoisotopic (exact) mass is 276 g/mol. The van der Waals surface area contributed by atoms with Crippen LogP contribution in [-0.4, -0.2) is 14.7 Å². The standard InChI is InChI=1S/C14H13FN2O3/c1-3-8(2)17-13(19)11(12(18)16-14(17)20)9-6-4-5-7-10(9)15/h3-8,19H,1H2,2H3,(H,16,18,20). The summed E-state index contributed by atoms with van der Waals surface area (Å²) < 4.78 is 14.7. The number of benzene rings is 1. The van der Waals surface area contributed by atoms with Gasteiger partial charge in [0.05, 0.1) is 6.04 Å². The van der Waals surface area contributed by atoms with Gasteiger partial charge in [0.2, 0.25) is 5.88 Å². The highest BCUT2D eigenvalue weighted by Crippen LogP contribution is 2.27. The van der Waals surface area contributed by atoms with Crippen LogP contribution in [0.4, 0.5) is 4.39 Å². The molecular weight excluding hydrogens is 263 g/mol. The van der Waals surface area contributed by atoms with Crippen LogP contribution in [0.3, 0.4) is 0 Å². The minimum Gasteiger partial charge on any atom is -0.494 e. The molecule has 1 aromatic carbocycles. The molecule has 20 heavy (non-hydrogen) atoms. The first-order chi connectivity index (χ1) is 9.47. The van der Waals surface area contributed by atoms with Crippen molar-refractivity contribution in [3.63, 3.8) is 0 Å². The number of nitrogens with zero attached hydrogens (tertiary/aromatic N) is 1. The van der Waals surface area contributed by atoms with Crippen LogP contribution in [0.2, 0.25) is 0 Å². The van der Waals surface area contributed by atoms with Crippen LogP contribution in [-0.2, 0) is 0 Å². The molecule has 0 radical (unpaired) electrons. The maximum absolute atomic E-state index is 13.8. The number of hydrogen-bond donors (Lipinski definition) is 2. The Hall–Kier alpha value is -2.63. The minimum absolute atomic E-state index is 0.0729. The molecule has 0 spiro atoms. The van der Waals surface area contributed by atoms with E-state index < -0.39 is 29.0 Å². The predicted octanol–water partition coefficient (Wildman–Crippen LogP) is 1.80. The van der Waals surface area contributed by atoms with Gasteiger partial charge in [-0.15, -0.1) is 6.58 Å². The van der Waals surface area contributed by atoms with Gasteiger partial charge in [-0.05, 0) is 13.0 Å². The second-order valence-electron chi connectivity index (χ2n) is 4.28. The van der Waals surface area contributed by atoms with E-state index in [4.69, 9.17) is 0 Å². The lowest BCUT2D eigenvalue weighted by atomic mass is 10.1. The van der Waals surface area contributed by atoms with Gasteiger partial charge in [0.1, 0.15) is 11.4 Å². The minimum atomic E-state index is -0.842. The lowest BCUT2D eigenvalue weighted by Gasteiger charge is -2.15. The second-order valence-corrected chi connectivity index (χ2v) is 4.28. The van der Waals surface area contributed by atoms with Crippen molar-refractivity contribution < 1.29 is 9.50 Å². The summed E-state index contributed by atoms with van der Waals surface area (Å²) in [7, 11) is 0. The Morgan fingerprint density at radius 2 is 2.05 bits per heavy atom. The fourth-order valence-corrected chi connectivity index (χ4v) is 1.93. The number of nitrogens with one attached hydrogen (secondary N) is 1. The zero-order valence-corrected chi connectivity index (χ0v) is 10.8. The Labute approximate surface area is 113 Å². The average Bonchev–Trinajstić information content (AvgIpc) is 2.40. The largest absolute Gasteiger partial charge is 0.494 e. The SMILES string of the molecule is C=CC(C)n1c(O)c(-c2ccccc2F)c(=O)[nH]c1=O. The number of aromatic amines is 1. The van der Waals surface area contributed by atoms with E-state index in [-0.39, 0.29) is 11.1 Å². The van der Waals surface area contributed by atoms with Crippen molar-refractivity contribution in [1.29, 1.82) is 0 Å². The Morgan fingerprint density at radius 1 is 1.40 bits per heavy atom. The van der Waals surface area contributed by atoms with Gasteiger partial charge in [0.25, 0.3) is 5.56 Å². The van der Waals surface area contributed by atoms with Crippen molar-refractivity contribution in [2.45, 2.75) is 13.0 Å². The van der Waals surface area contributed by atoms with E-state index in [0.717, 1.165) is 4.57 Å². The quantitative estimate of drug-likeness (QED) is 0.839. The van der Waals surface area contributed by atoms with E-state index in [9.17, 15) is 19.1 Å². The average molecular weight is 276 g/mol. The molecule has 2 N–H and O–H groups in total. The number of aromatic hydroxyl groups is 1. The van der Waals surface area contributed by atoms with Crippen LogP contribution in [0.15, 0.2) is 46.5 Å². The van der Waals surface area contributed by atoms with Crippen molar-refractivity contribution in [2.75, 3.05) is 0 Å². The molecule has 1 aromatic heterocycles. The number of allylic oxidation sites excluding steroid dienone is 1. The van der Waals surface area contributed by atoms with E-state index in [1.807, 2.05) is 0 Å². The fourth-order valence-electron chi connectivity index (χ4n) is 1.93. The van der Waals surface area contributed by atoms with Crippen molar-refractivity contribution in [2.24, 2.45) is 0 Å². The number of hydrogen-bond acceptors (Lipinski definition) is 3. The van der Waals surface area contributed by atoms with Gasteiger partial charge < -0.3 is 5.11 Å². The fraction of sp³-hybridized carbons (Fsp3) is 0.143. The van der Waals surface area contributed by atoms with E-state index in [1.165, 1.54) is 30.3 Å². The third-order valence-corrected chi connectivity index (χ3v) is 3.01. The molecule has 0 amide bonds. The smallest absolute Gasteiger partial charge is 0.331 e. The molecule has 1 heterocycles. The van der Waals surface area contributed by atoms with E-state index in [1.54, 1.807) is 6.92 Å². The van der Waals surface area contributed by atoms with Crippen molar-refractivity contribution in [1.82, 2.24) is 9.55 Å². The molecule has 5 nitrogen and oxygen atoms in total. The second kappa shape index (κ2) is 5.16. The van der Waals surface area contributed by atoms with Gasteiger partial charge >= 0.3 is 5.69 Å². The molecule has 0 saturated heterocycles. The molecule has 0 fully saturated rings. The Balaban J connectivity index is 2.85. The summed E-state index contributed by atoms with van der Waals surface area (Å²) in [5, 5.41) is 10.2. The normalized spacial score (nSPS) is 12.1. The first kappa shape index (κ1) is 13.8. The Kier molecular flexibility index (Phi) is 3.56. The number of aromatic nitrogens is 2. The molecule has 1 unspecified atom stereocenters. The molecule has 0 aliphatic carbocycles. The summed E-state index contributed by atoms with van der Waals surface area (Å²) in [6, 6.07) is 4.97. The highest BCUT2D eigenvalue weighted by molar-refractivity contribution is 5.67. The Bertz CT molecular complexity index is 777. The first-order valence-corrected chi connectivity index (χ1v) is 5.92. The van der Waals surface area contributed by atoms with Gasteiger partial charge in [0, 0.05) is 5.56 Å².